The lowest BCUT2D eigenvalue weighted by Gasteiger charge is -2.43. The number of anilines is 6. The van der Waals surface area contributed by atoms with E-state index in [1.54, 1.807) is 0 Å². The Labute approximate surface area is 649 Å². The van der Waals surface area contributed by atoms with Gasteiger partial charge in [-0.3, -0.25) is 0 Å². The van der Waals surface area contributed by atoms with Crippen LogP contribution in [0.3, 0.4) is 0 Å². The predicted molar refractivity (Wildman–Crippen MR) is 444 cm³/mol. The molecule has 0 heterocycles. The number of nitrogens with zero attached hydrogens (tertiary/aromatic N) is 2. The molecule has 8 aliphatic rings. The second kappa shape index (κ2) is 26.3. The topological polar surface area (TPSA) is 67.2 Å². The van der Waals surface area contributed by atoms with Crippen LogP contribution >= 0.6 is 0 Å². The predicted octanol–water partition coefficient (Wildman–Crippen LogP) is 24.0. The number of phenolic OH excluding ortho intramolecular Hbond substituents is 3. The van der Waals surface area contributed by atoms with Crippen LogP contribution in [0.25, 0.3) is 66.1 Å². The second-order valence-corrected chi connectivity index (χ2v) is 31.4. The van der Waals surface area contributed by atoms with Gasteiger partial charge in [-0.15, -0.1) is 13.2 Å². The first kappa shape index (κ1) is 69.1. The number of allylic oxidation sites excluding steroid dienone is 14. The summed E-state index contributed by atoms with van der Waals surface area (Å²) in [5.74, 6) is -11.4. The van der Waals surface area contributed by atoms with Gasteiger partial charge in [0.25, 0.3) is 0 Å². The summed E-state index contributed by atoms with van der Waals surface area (Å²) in [5.41, 5.74) is 18.0. The van der Waals surface area contributed by atoms with Crippen molar-refractivity contribution in [2.45, 2.75) is 75.0 Å². The Morgan fingerprint density at radius 2 is 0.768 bits per heavy atom. The average molecular weight is 1470 g/mol. The molecule has 12 heteroatoms. The van der Waals surface area contributed by atoms with Crippen LogP contribution in [-0.4, -0.2) is 31.0 Å². The van der Waals surface area contributed by atoms with E-state index < -0.39 is 62.7 Å². The normalized spacial score (nSPS) is 21.0. The van der Waals surface area contributed by atoms with Crippen molar-refractivity contribution in [3.8, 4) is 50.6 Å². The summed E-state index contributed by atoms with van der Waals surface area (Å²) in [4.78, 5) is 4.45. The molecule has 0 aliphatic heterocycles. The fraction of sp³-hybridized carbons (Fsp3) is 0.160. The summed E-state index contributed by atoms with van der Waals surface area (Å²) in [6, 6.07) is 75.2. The molecular formula is C100H73B2F5N2O3. The second-order valence-electron chi connectivity index (χ2n) is 31.4. The van der Waals surface area contributed by atoms with Gasteiger partial charge in [0.2, 0.25) is 5.82 Å². The Bertz CT molecular complexity index is 5860. The SMILES string of the molecule is [B]c1c([B])c(C23CC4=C[C@@H](C5=CCCC2=C5c2ccc(N(c5ccc(-c6ccccc6)cc5)c5ccc(-c6ccc(N(c7ccc(-c8ccccc8)cc7)c7ccc8c(c7)C7(c9c(F)c(F)c(F)c(F)c9F)CC9=C[C@H](C%10=CCCC7=C%108)C(C=C)CC9)c7ccccc67)c6ccccc56)cc23)C(C=C)CC4)c(O)c(O)c1O. The van der Waals surface area contributed by atoms with E-state index in [0.29, 0.717) is 54.5 Å². The monoisotopic (exact) mass is 1470 g/mol. The number of hydrogen-bond acceptors (Lipinski definition) is 5. The Morgan fingerprint density at radius 1 is 0.384 bits per heavy atom. The Morgan fingerprint density at radius 3 is 1.21 bits per heavy atom. The molecule has 12 aromatic carbocycles. The van der Waals surface area contributed by atoms with Crippen molar-refractivity contribution in [1.29, 1.82) is 0 Å². The zero-order valence-corrected chi connectivity index (χ0v) is 61.3. The van der Waals surface area contributed by atoms with Gasteiger partial charge in [-0.2, -0.15) is 0 Å². The number of benzene rings is 12. The molecular weight excluding hydrogens is 1390 g/mol. The molecule has 112 heavy (non-hydrogen) atoms. The summed E-state index contributed by atoms with van der Waals surface area (Å²) >= 11 is 0. The Hall–Kier alpha value is -12.1. The maximum Gasteiger partial charge on any atom is 0.200 e. The van der Waals surface area contributed by atoms with Crippen molar-refractivity contribution in [3.05, 3.63) is 364 Å². The molecule has 3 N–H and O–H groups in total. The van der Waals surface area contributed by atoms with Gasteiger partial charge in [0.05, 0.1) is 16.8 Å². The number of phenols is 3. The highest BCUT2D eigenvalue weighted by Crippen LogP contribution is 2.67. The zero-order valence-electron chi connectivity index (χ0n) is 61.3. The molecule has 0 amide bonds. The maximum absolute atomic E-state index is 17.4. The summed E-state index contributed by atoms with van der Waals surface area (Å²) < 4.78 is 82.7. The molecule has 4 radical (unpaired) electrons. The van der Waals surface area contributed by atoms with Gasteiger partial charge in [-0.25, -0.2) is 22.0 Å². The van der Waals surface area contributed by atoms with Crippen molar-refractivity contribution in [3.63, 3.8) is 0 Å². The van der Waals surface area contributed by atoms with Crippen molar-refractivity contribution in [2.75, 3.05) is 9.80 Å². The number of fused-ring (bicyclic) bond motifs is 10. The lowest BCUT2D eigenvalue weighted by atomic mass is 9.58. The number of rotatable bonds is 13. The average Bonchev–Trinajstić information content (AvgIpc) is 1.51. The van der Waals surface area contributed by atoms with Crippen molar-refractivity contribution in [1.82, 2.24) is 0 Å². The Kier molecular flexibility index (Phi) is 16.2. The quantitative estimate of drug-likeness (QED) is 0.0268. The first-order valence-corrected chi connectivity index (χ1v) is 38.7. The molecule has 6 atom stereocenters. The van der Waals surface area contributed by atoms with Crippen LogP contribution < -0.4 is 20.7 Å². The first-order valence-electron chi connectivity index (χ1n) is 38.7. The minimum Gasteiger partial charge on any atom is -0.505 e. The van der Waals surface area contributed by atoms with Crippen LogP contribution in [0.4, 0.5) is 56.1 Å². The van der Waals surface area contributed by atoms with E-state index in [1.165, 1.54) is 11.1 Å². The molecule has 8 aliphatic carbocycles. The van der Waals surface area contributed by atoms with Crippen LogP contribution in [0.5, 0.6) is 17.2 Å². The minimum absolute atomic E-state index is 0.00810. The smallest absolute Gasteiger partial charge is 0.200 e. The van der Waals surface area contributed by atoms with Gasteiger partial charge in [-0.1, -0.05) is 216 Å². The van der Waals surface area contributed by atoms with E-state index in [2.05, 4.69) is 205 Å². The van der Waals surface area contributed by atoms with Crippen LogP contribution in [0, 0.1) is 52.8 Å². The summed E-state index contributed by atoms with van der Waals surface area (Å²) in [5, 5.41) is 39.2. The molecule has 0 fully saturated rings. The molecule has 0 spiro atoms. The molecule has 12 bridgehead atoms. The highest BCUT2D eigenvalue weighted by Gasteiger charge is 2.56. The Balaban J connectivity index is 0.777. The first-order chi connectivity index (χ1) is 54.6. The molecule has 0 saturated heterocycles. The standard InChI is InChI=1S/C100H73B2F5N2O3/c1-3-57-31-29-55-49-77(57)73-25-15-27-79-85(73)75-43-41-65(51-81(75)99(79,53-55)87-89(101)90(102)97(111)98(112)96(87)110)108(63-37-33-61(34-38-63)59-17-7-5-8-18-59)83-47-45-69(67-21-11-13-23-71(67)83)70-46-48-84(72-24-14-12-22-68(70)72)109(64-39-35-62(36-40-64)60-19-9-6-10-20-60)66-42-44-76-82(52-66)100(88-91(103)93(105)95(107)94(106)92(88)104)54-56-30-32-58(4-2)78(50-56)74-26-16-28-80(100)86(74)76/h3-14,17-26,33-52,57-58,77-78,110-112H,1-2,15-16,27-32,53-54H2/t57?,58?,77-,78+,99?,100?/m1/s1. The number of aromatic hydroxyl groups is 3. The van der Waals surface area contributed by atoms with E-state index in [-0.39, 0.29) is 46.6 Å². The highest BCUT2D eigenvalue weighted by molar-refractivity contribution is 6.51. The summed E-state index contributed by atoms with van der Waals surface area (Å²) in [6.45, 7) is 8.58. The van der Waals surface area contributed by atoms with Crippen LogP contribution in [0.1, 0.15) is 97.6 Å². The zero-order chi connectivity index (χ0) is 76.3. The molecule has 0 aromatic heterocycles. The summed E-state index contributed by atoms with van der Waals surface area (Å²) in [6.07, 6.45) is 18.9. The third kappa shape index (κ3) is 10.1. The van der Waals surface area contributed by atoms with E-state index in [4.69, 9.17) is 15.7 Å². The molecule has 20 rings (SSSR count). The van der Waals surface area contributed by atoms with Gasteiger partial charge in [0.15, 0.2) is 40.5 Å². The fourth-order valence-electron chi connectivity index (χ4n) is 21.0. The highest BCUT2D eigenvalue weighted by atomic mass is 19.2. The lowest BCUT2D eigenvalue weighted by Crippen LogP contribution is -2.41. The number of halogens is 5. The van der Waals surface area contributed by atoms with E-state index in [0.717, 1.165) is 148 Å². The number of hydrogen-bond donors (Lipinski definition) is 3. The molecule has 542 valence electrons. The third-order valence-corrected chi connectivity index (χ3v) is 26.0. The molecule has 4 unspecified atom stereocenters. The third-order valence-electron chi connectivity index (χ3n) is 26.0. The van der Waals surface area contributed by atoms with Crippen LogP contribution in [0.15, 0.2) is 301 Å². The van der Waals surface area contributed by atoms with Crippen molar-refractivity contribution < 1.29 is 37.3 Å². The largest absolute Gasteiger partial charge is 0.505 e. The van der Waals surface area contributed by atoms with E-state index in [9.17, 15) is 15.3 Å². The van der Waals surface area contributed by atoms with Gasteiger partial charge in [-0.05, 0) is 237 Å². The van der Waals surface area contributed by atoms with Crippen molar-refractivity contribution in [2.24, 2.45) is 23.7 Å². The summed E-state index contributed by atoms with van der Waals surface area (Å²) in [7, 11) is 13.9. The van der Waals surface area contributed by atoms with Gasteiger partial charge in [0.1, 0.15) is 15.7 Å². The van der Waals surface area contributed by atoms with Gasteiger partial charge >= 0.3 is 0 Å². The molecule has 12 aromatic rings. The molecule has 0 saturated carbocycles. The van der Waals surface area contributed by atoms with Gasteiger partial charge < -0.3 is 25.1 Å². The van der Waals surface area contributed by atoms with E-state index in [1.807, 2.05) is 72.8 Å². The minimum atomic E-state index is -2.19. The lowest BCUT2D eigenvalue weighted by molar-refractivity contribution is 0.352. The van der Waals surface area contributed by atoms with Crippen LogP contribution in [0.2, 0.25) is 0 Å². The molecule has 5 nitrogen and oxygen atoms in total. The van der Waals surface area contributed by atoms with Crippen LogP contribution in [-0.2, 0) is 10.8 Å². The van der Waals surface area contributed by atoms with Crippen molar-refractivity contribution >= 4 is 93.4 Å². The fourth-order valence-corrected chi connectivity index (χ4v) is 21.0. The van der Waals surface area contributed by atoms with Gasteiger partial charge in [0, 0.05) is 61.9 Å². The van der Waals surface area contributed by atoms with E-state index >= 15 is 22.0 Å². The maximum atomic E-state index is 17.4.